The molecule has 3 heterocycles. The average molecular weight is 293 g/mol. The van der Waals surface area contributed by atoms with E-state index in [2.05, 4.69) is 20.4 Å². The van der Waals surface area contributed by atoms with Crippen LogP contribution in [0.3, 0.4) is 0 Å². The highest BCUT2D eigenvalue weighted by Crippen LogP contribution is 2.19. The maximum atomic E-state index is 5.81. The van der Waals surface area contributed by atoms with Gasteiger partial charge < -0.3 is 9.84 Å². The maximum Gasteiger partial charge on any atom is 0.227 e. The van der Waals surface area contributed by atoms with E-state index in [-0.39, 0.29) is 0 Å². The fourth-order valence-electron chi connectivity index (χ4n) is 2.47. The van der Waals surface area contributed by atoms with E-state index < -0.39 is 0 Å². The summed E-state index contributed by atoms with van der Waals surface area (Å²) in [5.74, 6) is 1.92. The lowest BCUT2D eigenvalue weighted by atomic mass is 9.95. The first kappa shape index (κ1) is 13.5. The number of aryl methyl sites for hydroxylation is 1. The van der Waals surface area contributed by atoms with Crippen LogP contribution < -0.4 is 5.32 Å². The topological polar surface area (TPSA) is 63.8 Å². The fraction of sp³-hybridized carbons (Fsp3) is 0.500. The summed E-state index contributed by atoms with van der Waals surface area (Å²) in [6, 6.07) is 3.57. The van der Waals surface area contributed by atoms with Gasteiger partial charge in [0.05, 0.1) is 5.02 Å². The van der Waals surface area contributed by atoms with Crippen LogP contribution in [0.4, 0.5) is 0 Å². The zero-order valence-corrected chi connectivity index (χ0v) is 11.9. The number of hydrogen-bond donors (Lipinski definition) is 1. The van der Waals surface area contributed by atoms with Crippen LogP contribution in [-0.4, -0.2) is 28.2 Å². The molecule has 0 aromatic carbocycles. The van der Waals surface area contributed by atoms with Gasteiger partial charge in [-0.15, -0.1) is 0 Å². The number of rotatable bonds is 4. The summed E-state index contributed by atoms with van der Waals surface area (Å²) in [4.78, 5) is 8.58. The quantitative estimate of drug-likeness (QED) is 0.939. The fourth-order valence-corrected chi connectivity index (χ4v) is 2.58. The molecule has 1 saturated heterocycles. The predicted octanol–water partition coefficient (Wildman–Crippen LogP) is 2.72. The van der Waals surface area contributed by atoms with E-state index in [9.17, 15) is 0 Å². The average Bonchev–Trinajstić information content (AvgIpc) is 2.96. The Morgan fingerprint density at radius 3 is 3.10 bits per heavy atom. The van der Waals surface area contributed by atoms with E-state index in [0.29, 0.717) is 28.3 Å². The van der Waals surface area contributed by atoms with Crippen LogP contribution in [0.25, 0.3) is 11.5 Å². The van der Waals surface area contributed by atoms with Crippen LogP contribution in [0.15, 0.2) is 22.9 Å². The molecule has 1 aliphatic heterocycles. The molecular weight excluding hydrogens is 276 g/mol. The van der Waals surface area contributed by atoms with Crippen molar-refractivity contribution in [1.29, 1.82) is 0 Å². The lowest BCUT2D eigenvalue weighted by Gasteiger charge is -2.21. The molecule has 1 aliphatic rings. The summed E-state index contributed by atoms with van der Waals surface area (Å²) in [6.07, 6.45) is 6.04. The van der Waals surface area contributed by atoms with Crippen molar-refractivity contribution >= 4 is 11.6 Å². The zero-order chi connectivity index (χ0) is 13.8. The van der Waals surface area contributed by atoms with Crippen LogP contribution >= 0.6 is 11.6 Å². The van der Waals surface area contributed by atoms with Crippen molar-refractivity contribution in [3.05, 3.63) is 29.2 Å². The van der Waals surface area contributed by atoms with Crippen LogP contribution in [0.1, 0.15) is 25.2 Å². The molecule has 1 fully saturated rings. The molecule has 0 saturated carbocycles. The number of nitrogens with one attached hydrogen (secondary N) is 1. The van der Waals surface area contributed by atoms with Gasteiger partial charge in [-0.2, -0.15) is 4.98 Å². The molecule has 1 unspecified atom stereocenters. The third-order valence-corrected chi connectivity index (χ3v) is 3.81. The number of pyridine rings is 1. The Labute approximate surface area is 122 Å². The van der Waals surface area contributed by atoms with Crippen molar-refractivity contribution in [2.75, 3.05) is 13.1 Å². The van der Waals surface area contributed by atoms with Crippen LogP contribution in [0.2, 0.25) is 5.02 Å². The lowest BCUT2D eigenvalue weighted by Crippen LogP contribution is -2.29. The molecule has 1 N–H and O–H groups in total. The zero-order valence-electron chi connectivity index (χ0n) is 11.2. The summed E-state index contributed by atoms with van der Waals surface area (Å²) < 4.78 is 5.29. The summed E-state index contributed by atoms with van der Waals surface area (Å²) in [6.45, 7) is 2.24. The molecule has 6 heteroatoms. The molecule has 2 aromatic rings. The third kappa shape index (κ3) is 3.35. The molecule has 106 valence electrons. The summed E-state index contributed by atoms with van der Waals surface area (Å²) >= 11 is 5.81. The molecule has 0 radical (unpaired) electrons. The van der Waals surface area contributed by atoms with Gasteiger partial charge in [0.2, 0.25) is 11.7 Å². The second-order valence-electron chi connectivity index (χ2n) is 5.12. The molecule has 0 bridgehead atoms. The van der Waals surface area contributed by atoms with E-state index in [1.165, 1.54) is 12.8 Å². The van der Waals surface area contributed by atoms with Crippen molar-refractivity contribution in [2.24, 2.45) is 5.92 Å². The Hall–Kier alpha value is -1.46. The van der Waals surface area contributed by atoms with Crippen molar-refractivity contribution in [3.63, 3.8) is 0 Å². The van der Waals surface area contributed by atoms with Gasteiger partial charge in [-0.05, 0) is 50.4 Å². The summed E-state index contributed by atoms with van der Waals surface area (Å²) in [7, 11) is 0. The maximum absolute atomic E-state index is 5.81. The monoisotopic (exact) mass is 292 g/mol. The molecule has 2 aromatic heterocycles. The Balaban J connectivity index is 1.60. The minimum atomic E-state index is 0.526. The van der Waals surface area contributed by atoms with Gasteiger partial charge in [0.25, 0.3) is 0 Å². The van der Waals surface area contributed by atoms with Crippen molar-refractivity contribution in [1.82, 2.24) is 20.4 Å². The third-order valence-electron chi connectivity index (χ3n) is 3.59. The summed E-state index contributed by atoms with van der Waals surface area (Å²) in [5, 5.41) is 7.99. The second-order valence-corrected chi connectivity index (χ2v) is 5.56. The van der Waals surface area contributed by atoms with E-state index in [1.54, 1.807) is 18.3 Å². The minimum Gasteiger partial charge on any atom is -0.339 e. The van der Waals surface area contributed by atoms with Gasteiger partial charge in [0, 0.05) is 12.6 Å². The van der Waals surface area contributed by atoms with Crippen LogP contribution in [0, 0.1) is 5.92 Å². The minimum absolute atomic E-state index is 0.526. The highest BCUT2D eigenvalue weighted by atomic mass is 35.5. The first-order valence-electron chi connectivity index (χ1n) is 6.96. The first-order chi connectivity index (χ1) is 9.81. The second kappa shape index (κ2) is 6.33. The smallest absolute Gasteiger partial charge is 0.227 e. The van der Waals surface area contributed by atoms with E-state index in [0.717, 1.165) is 25.9 Å². The van der Waals surface area contributed by atoms with E-state index >= 15 is 0 Å². The Bertz CT molecular complexity index is 549. The Kier molecular flexibility index (Phi) is 4.28. The van der Waals surface area contributed by atoms with Crippen molar-refractivity contribution < 1.29 is 4.52 Å². The molecule has 0 aliphatic carbocycles. The van der Waals surface area contributed by atoms with Gasteiger partial charge in [-0.3, -0.25) is 4.98 Å². The molecule has 0 spiro atoms. The standard InChI is InChI=1S/C14H17ClN4O/c15-11-4-5-12(17-9-11)14-18-13(20-19-14)6-3-10-2-1-7-16-8-10/h4-5,9-10,16H,1-3,6-8H2. The molecule has 1 atom stereocenters. The number of halogens is 1. The Morgan fingerprint density at radius 1 is 1.40 bits per heavy atom. The van der Waals surface area contributed by atoms with Crippen molar-refractivity contribution in [3.8, 4) is 11.5 Å². The summed E-state index contributed by atoms with van der Waals surface area (Å²) in [5.41, 5.74) is 0.684. The number of nitrogens with zero attached hydrogens (tertiary/aromatic N) is 3. The van der Waals surface area contributed by atoms with Gasteiger partial charge >= 0.3 is 0 Å². The predicted molar refractivity (Wildman–Crippen MR) is 76.5 cm³/mol. The molecule has 5 nitrogen and oxygen atoms in total. The normalized spacial score (nSPS) is 19.1. The highest BCUT2D eigenvalue weighted by Gasteiger charge is 2.15. The van der Waals surface area contributed by atoms with E-state index in [1.807, 2.05) is 0 Å². The highest BCUT2D eigenvalue weighted by molar-refractivity contribution is 6.30. The van der Waals surface area contributed by atoms with Crippen molar-refractivity contribution in [2.45, 2.75) is 25.7 Å². The molecular formula is C14H17ClN4O. The van der Waals surface area contributed by atoms with E-state index in [4.69, 9.17) is 16.1 Å². The van der Waals surface area contributed by atoms with Crippen LogP contribution in [0.5, 0.6) is 0 Å². The van der Waals surface area contributed by atoms with Gasteiger partial charge in [0.15, 0.2) is 0 Å². The first-order valence-corrected chi connectivity index (χ1v) is 7.34. The van der Waals surface area contributed by atoms with Gasteiger partial charge in [-0.1, -0.05) is 16.8 Å². The SMILES string of the molecule is Clc1ccc(-c2noc(CCC3CCCNC3)n2)nc1. The number of piperidine rings is 1. The largest absolute Gasteiger partial charge is 0.339 e. The number of hydrogen-bond acceptors (Lipinski definition) is 5. The molecule has 0 amide bonds. The molecule has 20 heavy (non-hydrogen) atoms. The Morgan fingerprint density at radius 2 is 2.35 bits per heavy atom. The van der Waals surface area contributed by atoms with Crippen LogP contribution in [-0.2, 0) is 6.42 Å². The van der Waals surface area contributed by atoms with Gasteiger partial charge in [-0.25, -0.2) is 0 Å². The van der Waals surface area contributed by atoms with Gasteiger partial charge in [0.1, 0.15) is 5.69 Å². The molecule has 3 rings (SSSR count). The lowest BCUT2D eigenvalue weighted by molar-refractivity contribution is 0.327. The number of aromatic nitrogens is 3.